The van der Waals surface area contributed by atoms with Gasteiger partial charge in [-0.05, 0) is 44.5 Å². The number of carboxylic acid groups (broad SMARTS) is 1. The van der Waals surface area contributed by atoms with Crippen LogP contribution in [0.25, 0.3) is 0 Å². The van der Waals surface area contributed by atoms with Gasteiger partial charge in [0.1, 0.15) is 24.1 Å². The molecule has 0 saturated heterocycles. The SMILES string of the molecule is COc1cccc(CC(NC(=O)OC(C)(C)C)C(=O)O)c1OCc1cccc(F)c1. The van der Waals surface area contributed by atoms with E-state index < -0.39 is 23.7 Å². The first-order chi connectivity index (χ1) is 14.1. The molecule has 2 rings (SSSR count). The normalized spacial score (nSPS) is 12.0. The van der Waals surface area contributed by atoms with E-state index in [1.54, 1.807) is 51.1 Å². The van der Waals surface area contributed by atoms with Crippen LogP contribution < -0.4 is 14.8 Å². The number of alkyl carbamates (subject to hydrolysis) is 1. The molecule has 2 N–H and O–H groups in total. The molecule has 0 saturated carbocycles. The number of ether oxygens (including phenoxy) is 3. The van der Waals surface area contributed by atoms with Crippen molar-refractivity contribution in [3.05, 3.63) is 59.4 Å². The van der Waals surface area contributed by atoms with Crippen molar-refractivity contribution in [3.63, 3.8) is 0 Å². The summed E-state index contributed by atoms with van der Waals surface area (Å²) < 4.78 is 29.7. The lowest BCUT2D eigenvalue weighted by Crippen LogP contribution is -2.44. The number of hydrogen-bond acceptors (Lipinski definition) is 5. The highest BCUT2D eigenvalue weighted by Gasteiger charge is 2.26. The van der Waals surface area contributed by atoms with E-state index in [1.165, 1.54) is 19.2 Å². The second-order valence-electron chi connectivity index (χ2n) is 7.61. The molecule has 1 amide bonds. The maximum atomic E-state index is 13.4. The Kier molecular flexibility index (Phi) is 7.63. The minimum absolute atomic E-state index is 0.0579. The summed E-state index contributed by atoms with van der Waals surface area (Å²) in [5.74, 6) is -0.893. The smallest absolute Gasteiger partial charge is 0.408 e. The number of aliphatic carboxylic acids is 1. The van der Waals surface area contributed by atoms with E-state index in [1.807, 2.05) is 0 Å². The number of benzene rings is 2. The van der Waals surface area contributed by atoms with Gasteiger partial charge in [-0.3, -0.25) is 0 Å². The Labute approximate surface area is 174 Å². The van der Waals surface area contributed by atoms with Crippen LogP contribution in [0.5, 0.6) is 11.5 Å². The highest BCUT2D eigenvalue weighted by atomic mass is 19.1. The lowest BCUT2D eigenvalue weighted by molar-refractivity contribution is -0.139. The first kappa shape index (κ1) is 23.0. The zero-order chi connectivity index (χ0) is 22.3. The summed E-state index contributed by atoms with van der Waals surface area (Å²) in [4.78, 5) is 23.7. The minimum atomic E-state index is -1.25. The molecular formula is C22H26FNO6. The van der Waals surface area contributed by atoms with Crippen LogP contribution in [-0.2, 0) is 22.6 Å². The Morgan fingerprint density at radius 3 is 2.47 bits per heavy atom. The van der Waals surface area contributed by atoms with Crippen LogP contribution in [0.15, 0.2) is 42.5 Å². The van der Waals surface area contributed by atoms with Crippen LogP contribution >= 0.6 is 0 Å². The molecule has 0 bridgehead atoms. The van der Waals surface area contributed by atoms with Crippen LogP contribution in [0.2, 0.25) is 0 Å². The van der Waals surface area contributed by atoms with E-state index in [9.17, 15) is 19.1 Å². The molecule has 0 aliphatic rings. The number of para-hydroxylation sites is 1. The van der Waals surface area contributed by atoms with Gasteiger partial charge in [0.05, 0.1) is 7.11 Å². The Hall–Kier alpha value is -3.29. The van der Waals surface area contributed by atoms with E-state index in [0.29, 0.717) is 22.6 Å². The zero-order valence-corrected chi connectivity index (χ0v) is 17.4. The molecule has 0 spiro atoms. The molecular weight excluding hydrogens is 393 g/mol. The van der Waals surface area contributed by atoms with Crippen LogP contribution in [0, 0.1) is 5.82 Å². The topological polar surface area (TPSA) is 94.1 Å². The summed E-state index contributed by atoms with van der Waals surface area (Å²) in [6.45, 7) is 5.11. The fourth-order valence-corrected chi connectivity index (χ4v) is 2.70. The van der Waals surface area contributed by atoms with Crippen LogP contribution in [0.4, 0.5) is 9.18 Å². The predicted octanol–water partition coefficient (Wildman–Crippen LogP) is 3.93. The first-order valence-corrected chi connectivity index (χ1v) is 9.34. The maximum absolute atomic E-state index is 13.4. The largest absolute Gasteiger partial charge is 0.493 e. The fourth-order valence-electron chi connectivity index (χ4n) is 2.70. The molecule has 2 aromatic carbocycles. The van der Waals surface area contributed by atoms with E-state index in [0.717, 1.165) is 0 Å². The summed E-state index contributed by atoms with van der Waals surface area (Å²) in [5, 5.41) is 11.9. The molecule has 0 aliphatic heterocycles. The van der Waals surface area contributed by atoms with Gasteiger partial charge in [-0.15, -0.1) is 0 Å². The van der Waals surface area contributed by atoms with Gasteiger partial charge in [0, 0.05) is 12.0 Å². The van der Waals surface area contributed by atoms with E-state index >= 15 is 0 Å². The van der Waals surface area contributed by atoms with Gasteiger partial charge in [-0.25, -0.2) is 14.0 Å². The molecule has 0 fully saturated rings. The summed E-state index contributed by atoms with van der Waals surface area (Å²) in [7, 11) is 1.46. The van der Waals surface area contributed by atoms with Crippen LogP contribution in [0.3, 0.4) is 0 Å². The van der Waals surface area contributed by atoms with Crippen LogP contribution in [0.1, 0.15) is 31.9 Å². The Bertz CT molecular complexity index is 893. The number of carbonyl (C=O) groups is 2. The molecule has 0 aromatic heterocycles. The van der Waals surface area contributed by atoms with E-state index in [-0.39, 0.29) is 18.8 Å². The number of carboxylic acids is 1. The lowest BCUT2D eigenvalue weighted by atomic mass is 10.0. The van der Waals surface area contributed by atoms with E-state index in [2.05, 4.69) is 5.32 Å². The molecule has 30 heavy (non-hydrogen) atoms. The number of amides is 1. The molecule has 0 radical (unpaired) electrons. The number of methoxy groups -OCH3 is 1. The van der Waals surface area contributed by atoms with Crippen LogP contribution in [-0.4, -0.2) is 35.9 Å². The first-order valence-electron chi connectivity index (χ1n) is 9.34. The molecule has 0 aliphatic carbocycles. The second kappa shape index (κ2) is 9.96. The molecule has 0 heterocycles. The summed E-state index contributed by atoms with van der Waals surface area (Å²) in [5.41, 5.74) is 0.352. The molecule has 8 heteroatoms. The average molecular weight is 419 g/mol. The van der Waals surface area contributed by atoms with Crippen molar-refractivity contribution in [1.29, 1.82) is 0 Å². The summed E-state index contributed by atoms with van der Waals surface area (Å²) in [6.07, 6.45) is -0.899. The maximum Gasteiger partial charge on any atom is 0.408 e. The number of halogens is 1. The van der Waals surface area contributed by atoms with Crippen molar-refractivity contribution < 1.29 is 33.3 Å². The number of hydrogen-bond donors (Lipinski definition) is 2. The summed E-state index contributed by atoms with van der Waals surface area (Å²) in [6, 6.07) is 9.75. The fraction of sp³-hybridized carbons (Fsp3) is 0.364. The third kappa shape index (κ3) is 6.95. The van der Waals surface area contributed by atoms with Crippen molar-refractivity contribution in [2.45, 2.75) is 45.4 Å². The van der Waals surface area contributed by atoms with Gasteiger partial charge in [-0.1, -0.05) is 24.3 Å². The number of rotatable bonds is 8. The molecule has 1 atom stereocenters. The monoisotopic (exact) mass is 419 g/mol. The molecule has 1 unspecified atom stereocenters. The number of carbonyl (C=O) groups excluding carboxylic acids is 1. The Balaban J connectivity index is 2.22. The highest BCUT2D eigenvalue weighted by Crippen LogP contribution is 2.32. The van der Waals surface area contributed by atoms with E-state index in [4.69, 9.17) is 14.2 Å². The lowest BCUT2D eigenvalue weighted by Gasteiger charge is -2.23. The standard InChI is InChI=1S/C22H26FNO6/c1-22(2,3)30-21(27)24-17(20(25)26)12-15-8-6-10-18(28-4)19(15)29-13-14-7-5-9-16(23)11-14/h5-11,17H,12-13H2,1-4H3,(H,24,27)(H,25,26). The Morgan fingerprint density at radius 2 is 1.87 bits per heavy atom. The van der Waals surface area contributed by atoms with Gasteiger partial charge in [0.2, 0.25) is 0 Å². The van der Waals surface area contributed by atoms with Crippen molar-refractivity contribution in [2.24, 2.45) is 0 Å². The average Bonchev–Trinajstić information content (AvgIpc) is 2.64. The molecule has 162 valence electrons. The van der Waals surface area contributed by atoms with Crippen molar-refractivity contribution in [1.82, 2.24) is 5.32 Å². The Morgan fingerprint density at radius 1 is 1.17 bits per heavy atom. The third-order valence-electron chi connectivity index (χ3n) is 3.97. The third-order valence-corrected chi connectivity index (χ3v) is 3.97. The minimum Gasteiger partial charge on any atom is -0.493 e. The summed E-state index contributed by atoms with van der Waals surface area (Å²) >= 11 is 0. The van der Waals surface area contributed by atoms with Crippen molar-refractivity contribution in [3.8, 4) is 11.5 Å². The quantitative estimate of drug-likeness (QED) is 0.673. The molecule has 7 nitrogen and oxygen atoms in total. The zero-order valence-electron chi connectivity index (χ0n) is 17.4. The van der Waals surface area contributed by atoms with Crippen molar-refractivity contribution >= 4 is 12.1 Å². The second-order valence-corrected chi connectivity index (χ2v) is 7.61. The van der Waals surface area contributed by atoms with Gasteiger partial charge in [0.25, 0.3) is 0 Å². The van der Waals surface area contributed by atoms with Gasteiger partial charge in [0.15, 0.2) is 11.5 Å². The highest BCUT2D eigenvalue weighted by molar-refractivity contribution is 5.80. The predicted molar refractivity (Wildman–Crippen MR) is 108 cm³/mol. The van der Waals surface area contributed by atoms with Gasteiger partial charge >= 0.3 is 12.1 Å². The number of nitrogens with one attached hydrogen (secondary N) is 1. The van der Waals surface area contributed by atoms with Gasteiger partial charge < -0.3 is 24.6 Å². The van der Waals surface area contributed by atoms with Crippen molar-refractivity contribution in [2.75, 3.05) is 7.11 Å². The molecule has 2 aromatic rings. The van der Waals surface area contributed by atoms with Gasteiger partial charge in [-0.2, -0.15) is 0 Å².